The predicted octanol–water partition coefficient (Wildman–Crippen LogP) is 3.99. The van der Waals surface area contributed by atoms with Crippen molar-refractivity contribution in [3.8, 4) is 5.75 Å². The summed E-state index contributed by atoms with van der Waals surface area (Å²) in [6.45, 7) is 1.49. The molecule has 0 spiro atoms. The Balaban J connectivity index is 1.12. The van der Waals surface area contributed by atoms with Gasteiger partial charge < -0.3 is 19.4 Å². The number of thioether (sulfide) groups is 1. The van der Waals surface area contributed by atoms with Gasteiger partial charge in [0.1, 0.15) is 5.75 Å². The minimum atomic E-state index is -0.321. The molecule has 1 aliphatic heterocycles. The van der Waals surface area contributed by atoms with Crippen molar-refractivity contribution in [2.75, 3.05) is 25.4 Å². The monoisotopic (exact) mass is 514 g/mol. The lowest BCUT2D eigenvalue weighted by atomic mass is 9.90. The van der Waals surface area contributed by atoms with E-state index in [-0.39, 0.29) is 36.6 Å². The maximum absolute atomic E-state index is 12.6. The lowest BCUT2D eigenvalue weighted by molar-refractivity contribution is -0.129. The summed E-state index contributed by atoms with van der Waals surface area (Å²) in [5.74, 6) is 1.41. The smallest absolute Gasteiger partial charge is 0.277 e. The molecular weight excluding hydrogens is 488 g/mol. The molecule has 0 bridgehead atoms. The van der Waals surface area contributed by atoms with Crippen molar-refractivity contribution in [3.63, 3.8) is 0 Å². The van der Waals surface area contributed by atoms with E-state index in [1.807, 2.05) is 11.0 Å². The number of amides is 2. The number of halogens is 1. The molecule has 1 aromatic heterocycles. The molecule has 2 amide bonds. The first-order chi connectivity index (χ1) is 17.0. The maximum Gasteiger partial charge on any atom is 0.277 e. The SMILES string of the molecule is O=C(COc1ccc(Cl)cc1)NCc1nnc(SCC(=O)N2CCC(Cc3ccccc3)CC2)o1. The standard InChI is InChI=1S/C25H27ClN4O4S/c26-20-6-8-21(9-7-20)33-16-22(31)27-15-23-28-29-25(34-23)35-17-24(32)30-12-10-19(11-13-30)14-18-4-2-1-3-5-18/h1-9,19H,10-17H2,(H,27,31). The lowest BCUT2D eigenvalue weighted by Gasteiger charge is -2.32. The van der Waals surface area contributed by atoms with Gasteiger partial charge in [-0.25, -0.2) is 0 Å². The largest absolute Gasteiger partial charge is 0.484 e. The van der Waals surface area contributed by atoms with Crippen molar-refractivity contribution >= 4 is 35.2 Å². The maximum atomic E-state index is 12.6. The Morgan fingerprint density at radius 3 is 2.57 bits per heavy atom. The van der Waals surface area contributed by atoms with Crippen LogP contribution in [0.15, 0.2) is 64.2 Å². The third-order valence-corrected chi connectivity index (χ3v) is 6.78. The number of hydrogen-bond acceptors (Lipinski definition) is 7. The average molecular weight is 515 g/mol. The molecule has 35 heavy (non-hydrogen) atoms. The number of nitrogens with zero attached hydrogens (tertiary/aromatic N) is 3. The number of carbonyl (C=O) groups is 2. The van der Waals surface area contributed by atoms with Gasteiger partial charge in [0.05, 0.1) is 12.3 Å². The van der Waals surface area contributed by atoms with Gasteiger partial charge in [0.15, 0.2) is 6.61 Å². The fraction of sp³-hybridized carbons (Fsp3) is 0.360. The summed E-state index contributed by atoms with van der Waals surface area (Å²) in [4.78, 5) is 26.5. The van der Waals surface area contributed by atoms with Crippen LogP contribution >= 0.6 is 23.4 Å². The van der Waals surface area contributed by atoms with E-state index >= 15 is 0 Å². The molecule has 2 aromatic carbocycles. The molecule has 1 N–H and O–H groups in total. The molecule has 10 heteroatoms. The van der Waals surface area contributed by atoms with Gasteiger partial charge in [-0.2, -0.15) is 0 Å². The highest BCUT2D eigenvalue weighted by Gasteiger charge is 2.23. The number of carbonyl (C=O) groups excluding carboxylic acids is 2. The predicted molar refractivity (Wildman–Crippen MR) is 133 cm³/mol. The van der Waals surface area contributed by atoms with E-state index in [1.165, 1.54) is 17.3 Å². The van der Waals surface area contributed by atoms with Gasteiger partial charge in [-0.3, -0.25) is 9.59 Å². The molecule has 0 unspecified atom stereocenters. The van der Waals surface area contributed by atoms with E-state index in [0.717, 1.165) is 32.4 Å². The van der Waals surface area contributed by atoms with Crippen LogP contribution in [0.4, 0.5) is 0 Å². The Kier molecular flexibility index (Phi) is 9.02. The van der Waals surface area contributed by atoms with Crippen molar-refractivity contribution in [1.29, 1.82) is 0 Å². The van der Waals surface area contributed by atoms with Gasteiger partial charge in [0.2, 0.25) is 11.8 Å². The minimum absolute atomic E-state index is 0.0700. The van der Waals surface area contributed by atoms with Crippen molar-refractivity contribution in [2.45, 2.75) is 31.0 Å². The molecule has 3 aromatic rings. The molecule has 184 valence electrons. The normalized spacial score (nSPS) is 14.0. The van der Waals surface area contributed by atoms with Gasteiger partial charge >= 0.3 is 0 Å². The van der Waals surface area contributed by atoms with Gasteiger partial charge in [-0.05, 0) is 55.0 Å². The molecule has 4 rings (SSSR count). The third-order valence-electron chi connectivity index (χ3n) is 5.72. The Labute approximate surface area is 213 Å². The van der Waals surface area contributed by atoms with Crippen LogP contribution in [-0.4, -0.2) is 52.4 Å². The third kappa shape index (κ3) is 8.00. The van der Waals surface area contributed by atoms with Crippen molar-refractivity contribution in [2.24, 2.45) is 5.92 Å². The van der Waals surface area contributed by atoms with Crippen LogP contribution in [0.2, 0.25) is 5.02 Å². The highest BCUT2D eigenvalue weighted by Crippen LogP contribution is 2.23. The summed E-state index contributed by atoms with van der Waals surface area (Å²) in [6.07, 6.45) is 3.08. The second kappa shape index (κ2) is 12.6. The van der Waals surface area contributed by atoms with Crippen LogP contribution in [-0.2, 0) is 22.6 Å². The van der Waals surface area contributed by atoms with Crippen LogP contribution < -0.4 is 10.1 Å². The van der Waals surface area contributed by atoms with Crippen molar-refractivity contribution < 1.29 is 18.7 Å². The van der Waals surface area contributed by atoms with Gasteiger partial charge in [-0.15, -0.1) is 10.2 Å². The Morgan fingerprint density at radius 2 is 1.83 bits per heavy atom. The van der Waals surface area contributed by atoms with Crippen molar-refractivity contribution in [3.05, 3.63) is 71.1 Å². The summed E-state index contributed by atoms with van der Waals surface area (Å²) < 4.78 is 10.9. The second-order valence-corrected chi connectivity index (χ2v) is 9.65. The van der Waals surface area contributed by atoms with E-state index in [4.69, 9.17) is 20.8 Å². The van der Waals surface area contributed by atoms with Crippen LogP contribution in [0, 0.1) is 5.92 Å². The fourth-order valence-corrected chi connectivity index (χ4v) is 4.63. The molecule has 8 nitrogen and oxygen atoms in total. The first-order valence-electron chi connectivity index (χ1n) is 11.5. The molecule has 0 atom stereocenters. The van der Waals surface area contributed by atoms with Crippen LogP contribution in [0.25, 0.3) is 0 Å². The number of rotatable bonds is 10. The Hall–Kier alpha value is -3.04. The highest BCUT2D eigenvalue weighted by molar-refractivity contribution is 7.99. The molecule has 1 aliphatic rings. The second-order valence-electron chi connectivity index (χ2n) is 8.28. The van der Waals surface area contributed by atoms with E-state index in [0.29, 0.717) is 21.9 Å². The summed E-state index contributed by atoms with van der Waals surface area (Å²) in [6, 6.07) is 17.2. The molecular formula is C25H27ClN4O4S. The number of nitrogens with one attached hydrogen (secondary N) is 1. The zero-order valence-corrected chi connectivity index (χ0v) is 20.8. The number of piperidine rings is 1. The van der Waals surface area contributed by atoms with Crippen molar-refractivity contribution in [1.82, 2.24) is 20.4 Å². The van der Waals surface area contributed by atoms with Gasteiger partial charge in [-0.1, -0.05) is 53.7 Å². The highest BCUT2D eigenvalue weighted by atomic mass is 35.5. The lowest BCUT2D eigenvalue weighted by Crippen LogP contribution is -2.39. The molecule has 0 radical (unpaired) electrons. The van der Waals surface area contributed by atoms with E-state index in [1.54, 1.807) is 24.3 Å². The summed E-state index contributed by atoms with van der Waals surface area (Å²) in [5, 5.41) is 11.4. The topological polar surface area (TPSA) is 97.6 Å². The molecule has 1 saturated heterocycles. The molecule has 0 aliphatic carbocycles. The summed E-state index contributed by atoms with van der Waals surface area (Å²) >= 11 is 7.03. The minimum Gasteiger partial charge on any atom is -0.484 e. The first kappa shape index (κ1) is 25.1. The molecule has 2 heterocycles. The average Bonchev–Trinajstić information content (AvgIpc) is 3.35. The molecule has 0 saturated carbocycles. The fourth-order valence-electron chi connectivity index (χ4n) is 3.82. The zero-order valence-electron chi connectivity index (χ0n) is 19.2. The Morgan fingerprint density at radius 1 is 1.09 bits per heavy atom. The number of benzene rings is 2. The number of aromatic nitrogens is 2. The van der Waals surface area contributed by atoms with E-state index < -0.39 is 0 Å². The van der Waals surface area contributed by atoms with Crippen LogP contribution in [0.3, 0.4) is 0 Å². The zero-order chi connectivity index (χ0) is 24.5. The number of likely N-dealkylation sites (tertiary alicyclic amines) is 1. The van der Waals surface area contributed by atoms with E-state index in [2.05, 4.69) is 39.8 Å². The first-order valence-corrected chi connectivity index (χ1v) is 12.8. The van der Waals surface area contributed by atoms with E-state index in [9.17, 15) is 9.59 Å². The van der Waals surface area contributed by atoms with Gasteiger partial charge in [0, 0.05) is 18.1 Å². The molecule has 1 fully saturated rings. The quantitative estimate of drug-likeness (QED) is 0.408. The summed E-state index contributed by atoms with van der Waals surface area (Å²) in [5.41, 5.74) is 1.35. The Bertz CT molecular complexity index is 1100. The van der Waals surface area contributed by atoms with Gasteiger partial charge in [0.25, 0.3) is 11.1 Å². The number of hydrogen-bond donors (Lipinski definition) is 1. The number of ether oxygens (including phenoxy) is 1. The van der Waals surface area contributed by atoms with Crippen LogP contribution in [0.1, 0.15) is 24.3 Å². The van der Waals surface area contributed by atoms with Crippen LogP contribution in [0.5, 0.6) is 5.75 Å². The summed E-state index contributed by atoms with van der Waals surface area (Å²) in [7, 11) is 0.